The standard InChI is InChI=1S/C30H30F2N4O3/c1-35(23-6-2-3-7-23)29(38)19-36(27-17-20-5-4-8-26(32)30(20)34-27)18-28(37)33-22-11-15-25(16-12-22)39-24-13-9-21(31)10-14-24/h4-5,8-17,23,34H,2-3,6-7,18-19H2,1H3,(H,33,37). The van der Waals surface area contributed by atoms with Gasteiger partial charge in [-0.25, -0.2) is 8.78 Å². The number of fused-ring (bicyclic) bond motifs is 1. The number of halogens is 2. The number of rotatable bonds is 9. The van der Waals surface area contributed by atoms with Crippen LogP contribution in [0.1, 0.15) is 25.7 Å². The molecule has 0 unspecified atom stereocenters. The molecular weight excluding hydrogens is 502 g/mol. The van der Waals surface area contributed by atoms with E-state index in [9.17, 15) is 18.4 Å². The summed E-state index contributed by atoms with van der Waals surface area (Å²) in [7, 11) is 1.80. The van der Waals surface area contributed by atoms with Gasteiger partial charge in [0, 0.05) is 24.2 Å². The van der Waals surface area contributed by atoms with Gasteiger partial charge in [-0.05, 0) is 73.5 Å². The number of anilines is 2. The largest absolute Gasteiger partial charge is 0.457 e. The zero-order valence-corrected chi connectivity index (χ0v) is 21.6. The third-order valence-electron chi connectivity index (χ3n) is 7.05. The summed E-state index contributed by atoms with van der Waals surface area (Å²) in [5.74, 6) is 0.322. The highest BCUT2D eigenvalue weighted by molar-refractivity contribution is 5.96. The predicted molar refractivity (Wildman–Crippen MR) is 147 cm³/mol. The van der Waals surface area contributed by atoms with E-state index in [0.29, 0.717) is 33.9 Å². The minimum atomic E-state index is -0.402. The van der Waals surface area contributed by atoms with Crippen LogP contribution < -0.4 is 15.0 Å². The average Bonchev–Trinajstić information content (AvgIpc) is 3.62. The van der Waals surface area contributed by atoms with E-state index in [1.165, 1.54) is 30.3 Å². The lowest BCUT2D eigenvalue weighted by molar-refractivity contribution is -0.130. The molecule has 1 saturated carbocycles. The molecular formula is C30H30F2N4O3. The van der Waals surface area contributed by atoms with Crippen molar-refractivity contribution in [1.29, 1.82) is 0 Å². The van der Waals surface area contributed by atoms with E-state index in [-0.39, 0.29) is 36.8 Å². The van der Waals surface area contributed by atoms with Crippen molar-refractivity contribution < 1.29 is 23.1 Å². The predicted octanol–water partition coefficient (Wildman–Crippen LogP) is 6.08. The SMILES string of the molecule is CN(C(=O)CN(CC(=O)Nc1ccc(Oc2ccc(F)cc2)cc1)c1cc2cccc(F)c2[nH]1)C1CCCC1. The van der Waals surface area contributed by atoms with E-state index in [1.54, 1.807) is 59.3 Å². The Hall–Kier alpha value is -4.40. The van der Waals surface area contributed by atoms with Gasteiger partial charge in [-0.1, -0.05) is 25.0 Å². The molecule has 0 spiro atoms. The fourth-order valence-electron chi connectivity index (χ4n) is 4.89. The Bertz CT molecular complexity index is 1450. The van der Waals surface area contributed by atoms with Crippen LogP contribution in [0.3, 0.4) is 0 Å². The number of amides is 2. The molecule has 0 aliphatic heterocycles. The first-order valence-corrected chi connectivity index (χ1v) is 13.0. The zero-order chi connectivity index (χ0) is 27.4. The van der Waals surface area contributed by atoms with Crippen molar-refractivity contribution >= 4 is 34.2 Å². The van der Waals surface area contributed by atoms with Crippen LogP contribution in [0.4, 0.5) is 20.3 Å². The van der Waals surface area contributed by atoms with E-state index in [1.807, 2.05) is 0 Å². The maximum absolute atomic E-state index is 14.4. The van der Waals surface area contributed by atoms with Crippen LogP contribution in [0.25, 0.3) is 10.9 Å². The lowest BCUT2D eigenvalue weighted by Gasteiger charge is -2.29. The summed E-state index contributed by atoms with van der Waals surface area (Å²) in [5, 5.41) is 3.50. The molecule has 2 amide bonds. The molecule has 0 bridgehead atoms. The van der Waals surface area contributed by atoms with Crippen molar-refractivity contribution in [3.8, 4) is 11.5 Å². The summed E-state index contributed by atoms with van der Waals surface area (Å²) >= 11 is 0. The number of hydrogen-bond donors (Lipinski definition) is 2. The van der Waals surface area contributed by atoms with Crippen molar-refractivity contribution in [3.05, 3.63) is 84.4 Å². The Morgan fingerprint density at radius 1 is 0.949 bits per heavy atom. The number of benzene rings is 3. The number of aromatic amines is 1. The van der Waals surface area contributed by atoms with Crippen LogP contribution in [0, 0.1) is 11.6 Å². The van der Waals surface area contributed by atoms with Crippen LogP contribution in [0.2, 0.25) is 0 Å². The molecule has 1 aliphatic rings. The number of likely N-dealkylation sites (N-methyl/N-ethyl adjacent to an activating group) is 1. The average molecular weight is 533 g/mol. The first-order chi connectivity index (χ1) is 18.9. The Morgan fingerprint density at radius 3 is 2.28 bits per heavy atom. The van der Waals surface area contributed by atoms with E-state index in [0.717, 1.165) is 25.7 Å². The molecule has 3 aromatic carbocycles. The highest BCUT2D eigenvalue weighted by Gasteiger charge is 2.26. The van der Waals surface area contributed by atoms with Crippen molar-refractivity contribution in [2.24, 2.45) is 0 Å². The van der Waals surface area contributed by atoms with Crippen LogP contribution in [-0.2, 0) is 9.59 Å². The Balaban J connectivity index is 1.28. The van der Waals surface area contributed by atoms with Gasteiger partial charge in [0.25, 0.3) is 0 Å². The van der Waals surface area contributed by atoms with Crippen molar-refractivity contribution in [2.75, 3.05) is 30.4 Å². The van der Waals surface area contributed by atoms with Crippen molar-refractivity contribution in [1.82, 2.24) is 9.88 Å². The molecule has 1 fully saturated rings. The molecule has 1 heterocycles. The summed E-state index contributed by atoms with van der Waals surface area (Å²) in [6, 6.07) is 19.2. The highest BCUT2D eigenvalue weighted by Crippen LogP contribution is 2.26. The number of ether oxygens (including phenoxy) is 1. The number of carbonyl (C=O) groups is 2. The monoisotopic (exact) mass is 532 g/mol. The maximum atomic E-state index is 14.4. The van der Waals surface area contributed by atoms with Gasteiger partial charge in [-0.3, -0.25) is 9.59 Å². The number of para-hydroxylation sites is 1. The van der Waals surface area contributed by atoms with Gasteiger partial charge >= 0.3 is 0 Å². The van der Waals surface area contributed by atoms with Crippen molar-refractivity contribution in [2.45, 2.75) is 31.7 Å². The minimum absolute atomic E-state index is 0.0285. The van der Waals surface area contributed by atoms with E-state index >= 15 is 0 Å². The number of nitrogens with one attached hydrogen (secondary N) is 2. The smallest absolute Gasteiger partial charge is 0.243 e. The first-order valence-electron chi connectivity index (χ1n) is 13.0. The number of H-pyrrole nitrogens is 1. The Kier molecular flexibility index (Phi) is 7.76. The van der Waals surface area contributed by atoms with E-state index < -0.39 is 5.82 Å². The van der Waals surface area contributed by atoms with Crippen LogP contribution in [0.15, 0.2) is 72.8 Å². The molecule has 0 atom stereocenters. The molecule has 4 aromatic rings. The molecule has 2 N–H and O–H groups in total. The van der Waals surface area contributed by atoms with Gasteiger partial charge in [0.15, 0.2) is 0 Å². The molecule has 9 heteroatoms. The second kappa shape index (κ2) is 11.6. The number of nitrogens with zero attached hydrogens (tertiary/aromatic N) is 2. The first kappa shape index (κ1) is 26.2. The molecule has 202 valence electrons. The molecule has 1 aromatic heterocycles. The van der Waals surface area contributed by atoms with Gasteiger partial charge in [0.2, 0.25) is 11.8 Å². The molecule has 39 heavy (non-hydrogen) atoms. The quantitative estimate of drug-likeness (QED) is 0.274. The van der Waals surface area contributed by atoms with Gasteiger partial charge in [0.1, 0.15) is 29.0 Å². The summed E-state index contributed by atoms with van der Waals surface area (Å²) in [6.45, 7) is -0.147. The summed E-state index contributed by atoms with van der Waals surface area (Å²) in [6.07, 6.45) is 4.15. The summed E-state index contributed by atoms with van der Waals surface area (Å²) in [5.41, 5.74) is 0.870. The van der Waals surface area contributed by atoms with Gasteiger partial charge in [-0.15, -0.1) is 0 Å². The van der Waals surface area contributed by atoms with Crippen LogP contribution >= 0.6 is 0 Å². The fourth-order valence-corrected chi connectivity index (χ4v) is 4.89. The molecule has 7 nitrogen and oxygen atoms in total. The van der Waals surface area contributed by atoms with Crippen molar-refractivity contribution in [3.63, 3.8) is 0 Å². The molecule has 0 saturated heterocycles. The van der Waals surface area contributed by atoms with Gasteiger partial charge in [-0.2, -0.15) is 0 Å². The Morgan fingerprint density at radius 2 is 1.62 bits per heavy atom. The topological polar surface area (TPSA) is 77.7 Å². The second-order valence-corrected chi connectivity index (χ2v) is 9.79. The van der Waals surface area contributed by atoms with E-state index in [2.05, 4.69) is 10.3 Å². The maximum Gasteiger partial charge on any atom is 0.243 e. The normalized spacial score (nSPS) is 13.4. The fraction of sp³-hybridized carbons (Fsp3) is 0.267. The van der Waals surface area contributed by atoms with Gasteiger partial charge in [0.05, 0.1) is 18.6 Å². The lowest BCUT2D eigenvalue weighted by Crippen LogP contribution is -2.45. The highest BCUT2D eigenvalue weighted by atomic mass is 19.1. The summed E-state index contributed by atoms with van der Waals surface area (Å²) in [4.78, 5) is 32.7. The third kappa shape index (κ3) is 6.37. The van der Waals surface area contributed by atoms with Crippen LogP contribution in [0.5, 0.6) is 11.5 Å². The Labute approximate surface area is 225 Å². The van der Waals surface area contributed by atoms with Gasteiger partial charge < -0.3 is 24.8 Å². The number of aromatic nitrogens is 1. The number of hydrogen-bond acceptors (Lipinski definition) is 4. The molecule has 1 aliphatic carbocycles. The second-order valence-electron chi connectivity index (χ2n) is 9.79. The van der Waals surface area contributed by atoms with E-state index in [4.69, 9.17) is 4.74 Å². The zero-order valence-electron chi connectivity index (χ0n) is 21.6. The molecule has 5 rings (SSSR count). The lowest BCUT2D eigenvalue weighted by atomic mass is 10.2. The number of carbonyl (C=O) groups excluding carboxylic acids is 2. The van der Waals surface area contributed by atoms with Crippen LogP contribution in [-0.4, -0.2) is 47.9 Å². The third-order valence-corrected chi connectivity index (χ3v) is 7.05. The molecule has 0 radical (unpaired) electrons. The summed E-state index contributed by atoms with van der Waals surface area (Å²) < 4.78 is 33.2. The minimum Gasteiger partial charge on any atom is -0.457 e.